The fraction of sp³-hybridized carbons (Fsp3) is 0.111. The molecule has 0 aromatic heterocycles. The Morgan fingerprint density at radius 1 is 1.17 bits per heavy atom. The lowest BCUT2D eigenvalue weighted by Gasteiger charge is -2.11. The first-order valence-electron chi connectivity index (χ1n) is 8.27. The fourth-order valence-electron chi connectivity index (χ4n) is 2.46. The molecule has 29 heavy (non-hydrogen) atoms. The number of amides is 1. The van der Waals surface area contributed by atoms with E-state index in [9.17, 15) is 23.3 Å². The van der Waals surface area contributed by atoms with Crippen molar-refractivity contribution in [3.05, 3.63) is 73.6 Å². The van der Waals surface area contributed by atoms with Crippen molar-refractivity contribution in [2.24, 2.45) is 4.40 Å². The van der Waals surface area contributed by atoms with Gasteiger partial charge in [-0.15, -0.1) is 4.40 Å². The number of carbonyl (C=O) groups excluding carboxylic acids is 1. The van der Waals surface area contributed by atoms with Crippen molar-refractivity contribution in [1.82, 2.24) is 4.90 Å². The zero-order valence-electron chi connectivity index (χ0n) is 15.0. The molecule has 2 aromatic carbocycles. The van der Waals surface area contributed by atoms with Gasteiger partial charge < -0.3 is 0 Å². The number of likely N-dealkylation sites (N-methyl/N-ethyl adjacent to an activating group) is 1. The second kappa shape index (κ2) is 8.47. The number of amidine groups is 1. The molecule has 1 amide bonds. The lowest BCUT2D eigenvalue weighted by molar-refractivity contribution is -0.384. The summed E-state index contributed by atoms with van der Waals surface area (Å²) in [5, 5.41) is 10.8. The lowest BCUT2D eigenvalue weighted by Crippen LogP contribution is -2.29. The highest BCUT2D eigenvalue weighted by molar-refractivity contribution is 9.10. The predicted octanol–water partition coefficient (Wildman–Crippen LogP) is 4.04. The Hall–Kier alpha value is -2.50. The third kappa shape index (κ3) is 4.74. The maximum absolute atomic E-state index is 12.6. The van der Waals surface area contributed by atoms with Crippen LogP contribution in [0.5, 0.6) is 0 Å². The van der Waals surface area contributed by atoms with Crippen LogP contribution in [0.15, 0.2) is 67.2 Å². The molecule has 8 nitrogen and oxygen atoms in total. The molecule has 1 fully saturated rings. The summed E-state index contributed by atoms with van der Waals surface area (Å²) in [6.45, 7) is 1.97. The van der Waals surface area contributed by atoms with Crippen LogP contribution in [-0.4, -0.2) is 35.9 Å². The Bertz CT molecular complexity index is 1130. The second-order valence-electron chi connectivity index (χ2n) is 5.81. The summed E-state index contributed by atoms with van der Waals surface area (Å²) >= 11 is 4.19. The Kier molecular flexibility index (Phi) is 6.20. The van der Waals surface area contributed by atoms with Gasteiger partial charge in [0.05, 0.1) is 14.7 Å². The van der Waals surface area contributed by atoms with E-state index in [-0.39, 0.29) is 33.1 Å². The van der Waals surface area contributed by atoms with Crippen molar-refractivity contribution in [2.45, 2.75) is 11.8 Å². The van der Waals surface area contributed by atoms with Crippen molar-refractivity contribution in [3.8, 4) is 0 Å². The summed E-state index contributed by atoms with van der Waals surface area (Å²) in [7, 11) is -3.99. The highest BCUT2D eigenvalue weighted by Gasteiger charge is 2.34. The first kappa shape index (κ1) is 21.2. The van der Waals surface area contributed by atoms with E-state index in [2.05, 4.69) is 20.3 Å². The number of nitrogens with zero attached hydrogens (tertiary/aromatic N) is 3. The number of hydrogen-bond acceptors (Lipinski definition) is 6. The van der Waals surface area contributed by atoms with Crippen molar-refractivity contribution in [3.63, 3.8) is 0 Å². The van der Waals surface area contributed by atoms with Crippen molar-refractivity contribution in [1.29, 1.82) is 0 Å². The van der Waals surface area contributed by atoms with Crippen molar-refractivity contribution >= 4 is 60.6 Å². The van der Waals surface area contributed by atoms with E-state index in [1.54, 1.807) is 25.1 Å². The summed E-state index contributed by atoms with van der Waals surface area (Å²) in [6.07, 6.45) is 1.55. The number of thioether (sulfide) groups is 1. The molecule has 0 unspecified atom stereocenters. The van der Waals surface area contributed by atoms with Crippen molar-refractivity contribution < 1.29 is 18.1 Å². The van der Waals surface area contributed by atoms with Gasteiger partial charge in [0.2, 0.25) is 0 Å². The topological polar surface area (TPSA) is 110 Å². The molecule has 2 aromatic rings. The van der Waals surface area contributed by atoms with E-state index in [0.717, 1.165) is 16.2 Å². The zero-order valence-corrected chi connectivity index (χ0v) is 18.2. The zero-order chi connectivity index (χ0) is 21.2. The average molecular weight is 496 g/mol. The quantitative estimate of drug-likeness (QED) is 0.351. The van der Waals surface area contributed by atoms with Gasteiger partial charge in [-0.3, -0.25) is 19.8 Å². The van der Waals surface area contributed by atoms with E-state index >= 15 is 0 Å². The third-order valence-corrected chi connectivity index (χ3v) is 6.85. The summed E-state index contributed by atoms with van der Waals surface area (Å²) in [5.41, 5.74) is 0.523. The smallest absolute Gasteiger partial charge is 0.284 e. The first-order valence-corrected chi connectivity index (χ1v) is 11.3. The van der Waals surface area contributed by atoms with Crippen molar-refractivity contribution in [2.75, 3.05) is 6.54 Å². The van der Waals surface area contributed by atoms with Crippen LogP contribution in [0.4, 0.5) is 5.69 Å². The van der Waals surface area contributed by atoms with Gasteiger partial charge in [0, 0.05) is 23.2 Å². The van der Waals surface area contributed by atoms with Gasteiger partial charge in [0.1, 0.15) is 0 Å². The molecule has 150 valence electrons. The SMILES string of the molecule is CCN1C(=O)C(=Cc2ccc([N+](=O)[O-])cc2)SC1=NS(=O)(=O)c1ccc(Br)cc1. The molecule has 0 atom stereocenters. The van der Waals surface area contributed by atoms with Gasteiger partial charge in [-0.05, 0) is 66.7 Å². The normalized spacial score (nSPS) is 17.3. The highest BCUT2D eigenvalue weighted by atomic mass is 79.9. The molecule has 0 bridgehead atoms. The van der Waals surface area contributed by atoms with Crippen LogP contribution in [0.1, 0.15) is 12.5 Å². The number of halogens is 1. The van der Waals surface area contributed by atoms with Gasteiger partial charge >= 0.3 is 0 Å². The lowest BCUT2D eigenvalue weighted by atomic mass is 10.2. The standard InChI is InChI=1S/C18H14BrN3O5S2/c1-2-21-17(23)16(11-12-3-7-14(8-4-12)22(24)25)28-18(21)20-29(26,27)15-9-5-13(19)6-10-15/h3-11H,2H2,1H3. The largest absolute Gasteiger partial charge is 0.286 e. The summed E-state index contributed by atoms with van der Waals surface area (Å²) in [6, 6.07) is 11.7. The number of rotatable bonds is 5. The third-order valence-electron chi connectivity index (χ3n) is 3.92. The fourth-order valence-corrected chi connectivity index (χ4v) is 4.97. The van der Waals surface area contributed by atoms with Crippen LogP contribution in [0.25, 0.3) is 6.08 Å². The van der Waals surface area contributed by atoms with E-state index in [1.807, 2.05) is 0 Å². The van der Waals surface area contributed by atoms with E-state index in [1.165, 1.54) is 41.3 Å². The number of nitro groups is 1. The van der Waals surface area contributed by atoms with Gasteiger partial charge in [0.25, 0.3) is 21.6 Å². The minimum atomic E-state index is -3.99. The number of benzene rings is 2. The molecule has 3 rings (SSSR count). The molecular formula is C18H14BrN3O5S2. The molecule has 1 aliphatic rings. The Balaban J connectivity index is 1.93. The van der Waals surface area contributed by atoms with Crippen LogP contribution in [0, 0.1) is 10.1 Å². The van der Waals surface area contributed by atoms with Gasteiger partial charge in [-0.2, -0.15) is 8.42 Å². The van der Waals surface area contributed by atoms with E-state index in [0.29, 0.717) is 5.56 Å². The number of carbonyl (C=O) groups is 1. The van der Waals surface area contributed by atoms with Gasteiger partial charge in [-0.1, -0.05) is 15.9 Å². The molecule has 0 radical (unpaired) electrons. The van der Waals surface area contributed by atoms with E-state index < -0.39 is 14.9 Å². The number of nitro benzene ring substituents is 1. The van der Waals surface area contributed by atoms with Gasteiger partial charge in [-0.25, -0.2) is 0 Å². The number of hydrogen-bond donors (Lipinski definition) is 0. The molecule has 0 saturated carbocycles. The van der Waals surface area contributed by atoms with Crippen LogP contribution < -0.4 is 0 Å². The second-order valence-corrected chi connectivity index (χ2v) is 9.34. The molecule has 1 heterocycles. The summed E-state index contributed by atoms with van der Waals surface area (Å²) in [5.74, 6) is -0.374. The minimum absolute atomic E-state index is 0.0186. The maximum Gasteiger partial charge on any atom is 0.284 e. The molecule has 11 heteroatoms. The first-order chi connectivity index (χ1) is 13.7. The van der Waals surface area contributed by atoms with E-state index in [4.69, 9.17) is 0 Å². The van der Waals surface area contributed by atoms with Crippen LogP contribution in [0.2, 0.25) is 0 Å². The molecule has 1 aliphatic heterocycles. The highest BCUT2D eigenvalue weighted by Crippen LogP contribution is 2.33. The molecular weight excluding hydrogens is 482 g/mol. The molecule has 0 N–H and O–H groups in total. The Morgan fingerprint density at radius 3 is 2.34 bits per heavy atom. The van der Waals surface area contributed by atoms with Crippen LogP contribution in [-0.2, 0) is 14.8 Å². The molecule has 0 spiro atoms. The molecule has 1 saturated heterocycles. The Labute approximate surface area is 179 Å². The predicted molar refractivity (Wildman–Crippen MR) is 115 cm³/mol. The Morgan fingerprint density at radius 2 is 1.79 bits per heavy atom. The molecule has 0 aliphatic carbocycles. The summed E-state index contributed by atoms with van der Waals surface area (Å²) < 4.78 is 29.8. The monoisotopic (exact) mass is 495 g/mol. The van der Waals surface area contributed by atoms with Crippen LogP contribution in [0.3, 0.4) is 0 Å². The number of sulfonamides is 1. The van der Waals surface area contributed by atoms with Gasteiger partial charge in [0.15, 0.2) is 5.17 Å². The average Bonchev–Trinajstić information content (AvgIpc) is 2.96. The van der Waals surface area contributed by atoms with Crippen LogP contribution >= 0.6 is 27.7 Å². The minimum Gasteiger partial charge on any atom is -0.286 e. The summed E-state index contributed by atoms with van der Waals surface area (Å²) in [4.78, 5) is 24.5. The maximum atomic E-state index is 12.6. The number of non-ortho nitro benzene ring substituents is 1.